The van der Waals surface area contributed by atoms with E-state index in [2.05, 4.69) is 5.32 Å². The normalized spacial score (nSPS) is 20.8. The highest BCUT2D eigenvalue weighted by molar-refractivity contribution is 7.86. The third kappa shape index (κ3) is 3.86. The highest BCUT2D eigenvalue weighted by Crippen LogP contribution is 2.15. The van der Waals surface area contributed by atoms with E-state index in [-0.39, 0.29) is 6.03 Å². The van der Waals surface area contributed by atoms with Crippen LogP contribution in [0, 0.1) is 0 Å². The molecule has 1 aromatic rings. The van der Waals surface area contributed by atoms with Gasteiger partial charge in [-0.25, -0.2) is 4.79 Å². The van der Waals surface area contributed by atoms with Crippen LogP contribution in [0.15, 0.2) is 30.3 Å². The number of hydrogen-bond donors (Lipinski definition) is 1. The third-order valence-corrected chi connectivity index (χ3v) is 6.21. The number of nitrogens with zero attached hydrogens (tertiary/aromatic N) is 3. The summed E-state index contributed by atoms with van der Waals surface area (Å²) in [7, 11) is -3.46. The van der Waals surface area contributed by atoms with Crippen LogP contribution in [-0.4, -0.2) is 80.4 Å². The van der Waals surface area contributed by atoms with Crippen LogP contribution in [0.4, 0.5) is 10.5 Å². The van der Waals surface area contributed by atoms with Gasteiger partial charge in [0.2, 0.25) is 0 Å². The Balaban J connectivity index is 1.54. The molecule has 2 fully saturated rings. The number of carbonyl (C=O) groups is 1. The molecule has 0 radical (unpaired) electrons. The zero-order valence-corrected chi connectivity index (χ0v) is 14.2. The van der Waals surface area contributed by atoms with Gasteiger partial charge in [0.05, 0.1) is 13.2 Å². The predicted molar refractivity (Wildman–Crippen MR) is 89.9 cm³/mol. The number of urea groups is 1. The van der Waals surface area contributed by atoms with Crippen LogP contribution in [0.3, 0.4) is 0 Å². The van der Waals surface area contributed by atoms with E-state index in [1.807, 2.05) is 30.3 Å². The van der Waals surface area contributed by atoms with Gasteiger partial charge >= 0.3 is 6.03 Å². The van der Waals surface area contributed by atoms with E-state index in [9.17, 15) is 13.2 Å². The summed E-state index contributed by atoms with van der Waals surface area (Å²) in [6.07, 6.45) is 0. The van der Waals surface area contributed by atoms with Crippen LogP contribution in [0.2, 0.25) is 0 Å². The van der Waals surface area contributed by atoms with Crippen LogP contribution < -0.4 is 5.32 Å². The molecule has 0 bridgehead atoms. The number of para-hydroxylation sites is 1. The number of benzene rings is 1. The summed E-state index contributed by atoms with van der Waals surface area (Å²) >= 11 is 0. The molecule has 2 saturated heterocycles. The van der Waals surface area contributed by atoms with E-state index in [4.69, 9.17) is 4.74 Å². The van der Waals surface area contributed by atoms with E-state index in [0.717, 1.165) is 5.69 Å². The van der Waals surface area contributed by atoms with E-state index in [1.165, 1.54) is 8.61 Å². The van der Waals surface area contributed by atoms with Crippen molar-refractivity contribution in [3.8, 4) is 0 Å². The van der Waals surface area contributed by atoms with Gasteiger partial charge in [0.1, 0.15) is 0 Å². The molecular formula is C15H22N4O4S. The van der Waals surface area contributed by atoms with E-state index in [0.29, 0.717) is 52.5 Å². The van der Waals surface area contributed by atoms with Crippen LogP contribution in [0.5, 0.6) is 0 Å². The largest absolute Gasteiger partial charge is 0.379 e. The molecule has 2 aliphatic rings. The van der Waals surface area contributed by atoms with Gasteiger partial charge in [0.25, 0.3) is 10.2 Å². The quantitative estimate of drug-likeness (QED) is 0.853. The van der Waals surface area contributed by atoms with Crippen LogP contribution in [0.1, 0.15) is 0 Å². The van der Waals surface area contributed by atoms with Gasteiger partial charge in [0.15, 0.2) is 0 Å². The highest BCUT2D eigenvalue weighted by atomic mass is 32.2. The Labute approximate surface area is 142 Å². The van der Waals surface area contributed by atoms with Gasteiger partial charge in [-0.15, -0.1) is 0 Å². The molecule has 0 atom stereocenters. The van der Waals surface area contributed by atoms with Crippen molar-refractivity contribution in [2.45, 2.75) is 0 Å². The Morgan fingerprint density at radius 3 is 2.12 bits per heavy atom. The molecule has 2 aliphatic heterocycles. The molecule has 1 N–H and O–H groups in total. The SMILES string of the molecule is O=C(Nc1ccccc1)N1CCN(S(=O)(=O)N2CCOCC2)CC1. The molecule has 0 spiro atoms. The molecule has 0 unspecified atom stereocenters. The van der Waals surface area contributed by atoms with Gasteiger partial charge in [-0.05, 0) is 12.1 Å². The summed E-state index contributed by atoms with van der Waals surface area (Å²) in [6.45, 7) is 3.00. The maximum atomic E-state index is 12.6. The summed E-state index contributed by atoms with van der Waals surface area (Å²) < 4.78 is 33.3. The molecule has 24 heavy (non-hydrogen) atoms. The predicted octanol–water partition coefficient (Wildman–Crippen LogP) is 0.413. The zero-order valence-electron chi connectivity index (χ0n) is 13.4. The average Bonchev–Trinajstić information content (AvgIpc) is 2.63. The van der Waals surface area contributed by atoms with Gasteiger partial charge in [-0.1, -0.05) is 18.2 Å². The molecule has 0 saturated carbocycles. The highest BCUT2D eigenvalue weighted by Gasteiger charge is 2.34. The lowest BCUT2D eigenvalue weighted by Crippen LogP contribution is -2.56. The second kappa shape index (κ2) is 7.47. The number of carbonyl (C=O) groups excluding carboxylic acids is 1. The Morgan fingerprint density at radius 2 is 1.50 bits per heavy atom. The third-order valence-electron chi connectivity index (χ3n) is 4.17. The van der Waals surface area contributed by atoms with E-state index < -0.39 is 10.2 Å². The lowest BCUT2D eigenvalue weighted by molar-refractivity contribution is 0.0691. The van der Waals surface area contributed by atoms with Crippen LogP contribution >= 0.6 is 0 Å². The first kappa shape index (κ1) is 17.2. The number of ether oxygens (including phenoxy) is 1. The summed E-state index contributed by atoms with van der Waals surface area (Å²) in [5.41, 5.74) is 0.728. The monoisotopic (exact) mass is 354 g/mol. The van der Waals surface area contributed by atoms with Crippen molar-refractivity contribution in [1.82, 2.24) is 13.5 Å². The lowest BCUT2D eigenvalue weighted by Gasteiger charge is -2.37. The van der Waals surface area contributed by atoms with Crippen LogP contribution in [-0.2, 0) is 14.9 Å². The molecule has 2 amide bonds. The van der Waals surface area contributed by atoms with Gasteiger partial charge in [-0.3, -0.25) is 0 Å². The number of nitrogens with one attached hydrogen (secondary N) is 1. The second-order valence-corrected chi connectivity index (χ2v) is 7.63. The molecule has 132 valence electrons. The first-order chi connectivity index (χ1) is 11.6. The maximum Gasteiger partial charge on any atom is 0.321 e. The van der Waals surface area contributed by atoms with Crippen molar-refractivity contribution in [2.24, 2.45) is 0 Å². The summed E-state index contributed by atoms with van der Waals surface area (Å²) in [6, 6.07) is 9.01. The van der Waals surface area contributed by atoms with E-state index >= 15 is 0 Å². The minimum Gasteiger partial charge on any atom is -0.379 e. The molecule has 2 heterocycles. The van der Waals surface area contributed by atoms with Crippen molar-refractivity contribution in [2.75, 3.05) is 57.8 Å². The van der Waals surface area contributed by atoms with Gasteiger partial charge in [-0.2, -0.15) is 17.0 Å². The summed E-state index contributed by atoms with van der Waals surface area (Å²) in [5.74, 6) is 0. The first-order valence-corrected chi connectivity index (χ1v) is 9.41. The van der Waals surface area contributed by atoms with Crippen LogP contribution in [0.25, 0.3) is 0 Å². The number of piperazine rings is 1. The minimum absolute atomic E-state index is 0.204. The van der Waals surface area contributed by atoms with Crippen molar-refractivity contribution < 1.29 is 17.9 Å². The summed E-state index contributed by atoms with van der Waals surface area (Å²) in [5, 5.41) is 2.82. The Hall–Kier alpha value is -1.68. The number of hydrogen-bond acceptors (Lipinski definition) is 4. The van der Waals surface area contributed by atoms with Gasteiger partial charge in [0, 0.05) is 45.0 Å². The molecule has 8 nitrogen and oxygen atoms in total. The first-order valence-electron chi connectivity index (χ1n) is 8.01. The molecule has 0 aromatic heterocycles. The fourth-order valence-corrected chi connectivity index (χ4v) is 4.35. The van der Waals surface area contributed by atoms with Crippen molar-refractivity contribution in [3.05, 3.63) is 30.3 Å². The number of rotatable bonds is 3. The smallest absolute Gasteiger partial charge is 0.321 e. The Bertz CT molecular complexity index is 653. The number of anilines is 1. The minimum atomic E-state index is -3.46. The average molecular weight is 354 g/mol. The fourth-order valence-electron chi connectivity index (χ4n) is 2.79. The molecular weight excluding hydrogens is 332 g/mol. The second-order valence-electron chi connectivity index (χ2n) is 5.70. The molecule has 0 aliphatic carbocycles. The zero-order chi connectivity index (χ0) is 17.0. The summed E-state index contributed by atoms with van der Waals surface area (Å²) in [4.78, 5) is 13.9. The molecule has 9 heteroatoms. The topological polar surface area (TPSA) is 82.2 Å². The molecule has 3 rings (SSSR count). The fraction of sp³-hybridized carbons (Fsp3) is 0.533. The van der Waals surface area contributed by atoms with Crippen molar-refractivity contribution in [1.29, 1.82) is 0 Å². The Morgan fingerprint density at radius 1 is 0.917 bits per heavy atom. The number of amides is 2. The number of morpholine rings is 1. The van der Waals surface area contributed by atoms with E-state index in [1.54, 1.807) is 4.90 Å². The Kier molecular flexibility index (Phi) is 5.34. The molecule has 1 aromatic carbocycles. The maximum absolute atomic E-state index is 12.6. The van der Waals surface area contributed by atoms with Crippen molar-refractivity contribution in [3.63, 3.8) is 0 Å². The lowest BCUT2D eigenvalue weighted by atomic mass is 10.3. The van der Waals surface area contributed by atoms with Crippen molar-refractivity contribution >= 4 is 21.9 Å². The standard InChI is InChI=1S/C15H22N4O4S/c20-15(16-14-4-2-1-3-5-14)17-6-8-18(9-7-17)24(21,22)19-10-12-23-13-11-19/h1-5H,6-13H2,(H,16,20). The van der Waals surface area contributed by atoms with Gasteiger partial charge < -0.3 is 15.0 Å².